The highest BCUT2D eigenvalue weighted by Crippen LogP contribution is 2.15. The van der Waals surface area contributed by atoms with E-state index in [-0.39, 0.29) is 26.7 Å². The van der Waals surface area contributed by atoms with Gasteiger partial charge >= 0.3 is 5.97 Å². The molecule has 1 rings (SSSR count). The fourth-order valence-electron chi connectivity index (χ4n) is 0.737. The van der Waals surface area contributed by atoms with E-state index in [2.05, 4.69) is 8.82 Å². The van der Waals surface area contributed by atoms with Crippen LogP contribution >= 0.6 is 20.7 Å². The Morgan fingerprint density at radius 3 is 2.91 bits per heavy atom. The summed E-state index contributed by atoms with van der Waals surface area (Å²) in [6.07, 6.45) is 3.74. The minimum atomic E-state index is -0.246. The second-order valence-corrected chi connectivity index (χ2v) is 5.12. The molecule has 1 aliphatic rings. The minimum absolute atomic E-state index is 0.0459. The number of carbonyl (C=O) groups is 1. The summed E-state index contributed by atoms with van der Waals surface area (Å²) in [6, 6.07) is 0. The monoisotopic (exact) mass is 264 g/mol. The normalized spacial score (nSPS) is 16.2. The maximum absolute atomic E-state index is 11.0. The number of halogens is 1. The van der Waals surface area contributed by atoms with Crippen LogP contribution in [-0.2, 0) is 9.53 Å². The Hall–Kier alpha value is -0.450. The lowest BCUT2D eigenvalue weighted by atomic mass is 10.2. The molecule has 0 fully saturated rings. The number of hydrogen-bond acceptors (Lipinski definition) is 2. The van der Waals surface area contributed by atoms with Crippen molar-refractivity contribution in [2.45, 2.75) is 6.92 Å². The highest BCUT2D eigenvalue weighted by Gasteiger charge is 2.07. The summed E-state index contributed by atoms with van der Waals surface area (Å²) in [7, 11) is 1.40. The maximum atomic E-state index is 11.0. The van der Waals surface area contributed by atoms with Crippen molar-refractivity contribution in [2.24, 2.45) is 0 Å². The largest absolute Gasteiger partial charge is 0.465 e. The first-order valence-electron chi connectivity index (χ1n) is 3.17. The van der Waals surface area contributed by atoms with E-state index in [0.717, 1.165) is 0 Å². The number of rotatable bonds is 1. The van der Waals surface area contributed by atoms with Gasteiger partial charge < -0.3 is 4.74 Å². The molecule has 1 aliphatic heterocycles. The summed E-state index contributed by atoms with van der Waals surface area (Å²) < 4.78 is 7.95. The Kier molecular flexibility index (Phi) is 2.99. The van der Waals surface area contributed by atoms with Gasteiger partial charge in [0.25, 0.3) is 0 Å². The number of methoxy groups -OCH3 is 1. The number of esters is 1. The van der Waals surface area contributed by atoms with Gasteiger partial charge in [0.05, 0.1) is 12.7 Å². The molecule has 0 aromatic carbocycles. The highest BCUT2D eigenvalue weighted by atomic mass is 127. The molecule has 0 N–H and O–H groups in total. The van der Waals surface area contributed by atoms with Crippen LogP contribution in [0.4, 0.5) is 0 Å². The average molecular weight is 264 g/mol. The van der Waals surface area contributed by atoms with E-state index in [1.54, 1.807) is 0 Å². The molecule has 0 radical (unpaired) electrons. The topological polar surface area (TPSA) is 26.3 Å². The van der Waals surface area contributed by atoms with Crippen LogP contribution in [0.15, 0.2) is 21.8 Å². The summed E-state index contributed by atoms with van der Waals surface area (Å²) in [6.45, 7) is 2.04. The number of hydrogen-bond donors (Lipinski definition) is 0. The molecular weight excluding hydrogens is 255 g/mol. The first-order chi connectivity index (χ1) is 5.24. The van der Waals surface area contributed by atoms with Crippen LogP contribution in [-0.4, -0.2) is 16.6 Å². The van der Waals surface area contributed by atoms with Crippen molar-refractivity contribution in [1.29, 1.82) is 0 Å². The molecule has 0 bridgehead atoms. The Morgan fingerprint density at radius 2 is 2.36 bits per heavy atom. The standard InChI is InChI=1S/C8H9IO2/c1-6-5-7(3-4-9-6)8(10)11-2/h3-5H,1-2H3. The van der Waals surface area contributed by atoms with Crippen molar-refractivity contribution in [2.75, 3.05) is 7.11 Å². The van der Waals surface area contributed by atoms with Gasteiger partial charge in [0.15, 0.2) is 0 Å². The van der Waals surface area contributed by atoms with Crippen LogP contribution in [0.3, 0.4) is 0 Å². The number of carbonyl (C=O) groups excluding carboxylic acids is 1. The molecule has 60 valence electrons. The lowest BCUT2D eigenvalue weighted by molar-refractivity contribution is -0.135. The van der Waals surface area contributed by atoms with E-state index in [9.17, 15) is 4.79 Å². The van der Waals surface area contributed by atoms with Crippen LogP contribution in [0.5, 0.6) is 0 Å². The van der Waals surface area contributed by atoms with Gasteiger partial charge in [-0.2, -0.15) is 0 Å². The second kappa shape index (κ2) is 3.80. The van der Waals surface area contributed by atoms with E-state index in [4.69, 9.17) is 0 Å². The Bertz CT molecular complexity index is 261. The highest BCUT2D eigenvalue weighted by molar-refractivity contribution is 14.2. The summed E-state index contributed by atoms with van der Waals surface area (Å²) in [5, 5.41) is 0. The molecule has 0 atom stereocenters. The molecule has 0 amide bonds. The SMILES string of the molecule is COC(=O)C1=CC(C)=IC=C1. The molecule has 0 saturated carbocycles. The van der Waals surface area contributed by atoms with E-state index in [1.165, 1.54) is 10.6 Å². The third-order valence-corrected chi connectivity index (χ3v) is 3.27. The molecule has 3 heteroatoms. The molecule has 0 aromatic heterocycles. The van der Waals surface area contributed by atoms with Crippen LogP contribution in [0.1, 0.15) is 6.92 Å². The minimum Gasteiger partial charge on any atom is -0.465 e. The molecule has 2 nitrogen and oxygen atoms in total. The number of ether oxygens (including phenoxy) is 1. The summed E-state index contributed by atoms with van der Waals surface area (Å²) in [5.74, 6) is -0.246. The first-order valence-corrected chi connectivity index (χ1v) is 5.50. The zero-order valence-corrected chi connectivity index (χ0v) is 8.58. The smallest absolute Gasteiger partial charge is 0.337 e. The molecule has 1 heterocycles. The van der Waals surface area contributed by atoms with Gasteiger partial charge in [-0.1, -0.05) is 20.7 Å². The molecule has 0 aromatic rings. The van der Waals surface area contributed by atoms with Gasteiger partial charge in [0.1, 0.15) is 0 Å². The summed E-state index contributed by atoms with van der Waals surface area (Å²) >= 11 is 0.0459. The average Bonchev–Trinajstić information content (AvgIpc) is 2.03. The first kappa shape index (κ1) is 8.64. The predicted octanol–water partition coefficient (Wildman–Crippen LogP) is 1.78. The van der Waals surface area contributed by atoms with Gasteiger partial charge in [-0.25, -0.2) is 4.79 Å². The molecule has 0 spiro atoms. The zero-order chi connectivity index (χ0) is 8.27. The fraction of sp³-hybridized carbons (Fsp3) is 0.250. The third-order valence-electron chi connectivity index (χ3n) is 1.25. The van der Waals surface area contributed by atoms with E-state index < -0.39 is 0 Å². The molecule has 11 heavy (non-hydrogen) atoms. The van der Waals surface area contributed by atoms with Crippen molar-refractivity contribution in [3.63, 3.8) is 0 Å². The Balaban J connectivity index is 2.84. The Morgan fingerprint density at radius 1 is 1.64 bits per heavy atom. The van der Waals surface area contributed by atoms with Crippen molar-refractivity contribution in [3.8, 4) is 0 Å². The van der Waals surface area contributed by atoms with Crippen LogP contribution < -0.4 is 0 Å². The number of allylic oxidation sites excluding steroid dienone is 1. The quantitative estimate of drug-likeness (QED) is 0.533. The summed E-state index contributed by atoms with van der Waals surface area (Å²) in [5.41, 5.74) is 0.663. The van der Waals surface area contributed by atoms with Crippen molar-refractivity contribution in [3.05, 3.63) is 21.8 Å². The lowest BCUT2D eigenvalue weighted by Gasteiger charge is -2.02. The zero-order valence-electron chi connectivity index (χ0n) is 6.43. The van der Waals surface area contributed by atoms with E-state index in [0.29, 0.717) is 5.57 Å². The second-order valence-electron chi connectivity index (χ2n) is 2.08. The predicted molar refractivity (Wildman–Crippen MR) is 53.9 cm³/mol. The van der Waals surface area contributed by atoms with Crippen LogP contribution in [0.25, 0.3) is 0 Å². The van der Waals surface area contributed by atoms with Crippen molar-refractivity contribution >= 4 is 30.2 Å². The Labute approximate surface area is 75.7 Å². The van der Waals surface area contributed by atoms with Crippen LogP contribution in [0.2, 0.25) is 0 Å². The van der Waals surface area contributed by atoms with Gasteiger partial charge in [0.2, 0.25) is 0 Å². The van der Waals surface area contributed by atoms with Gasteiger partial charge in [-0.15, -0.1) is 0 Å². The summed E-state index contributed by atoms with van der Waals surface area (Å²) in [4.78, 5) is 11.0. The van der Waals surface area contributed by atoms with Crippen molar-refractivity contribution in [1.82, 2.24) is 0 Å². The molecule has 0 saturated heterocycles. The van der Waals surface area contributed by atoms with Crippen LogP contribution in [0, 0.1) is 0 Å². The molecular formula is C8H9IO2. The van der Waals surface area contributed by atoms with Gasteiger partial charge in [0, 0.05) is 0 Å². The van der Waals surface area contributed by atoms with Crippen molar-refractivity contribution < 1.29 is 9.53 Å². The third kappa shape index (κ3) is 2.25. The maximum Gasteiger partial charge on any atom is 0.337 e. The van der Waals surface area contributed by atoms with E-state index >= 15 is 0 Å². The lowest BCUT2D eigenvalue weighted by Crippen LogP contribution is -2.04. The van der Waals surface area contributed by atoms with E-state index in [1.807, 2.05) is 19.1 Å². The van der Waals surface area contributed by atoms with Gasteiger partial charge in [-0.3, -0.25) is 0 Å². The molecule has 0 unspecified atom stereocenters. The fourth-order valence-corrected chi connectivity index (χ4v) is 2.39. The van der Waals surface area contributed by atoms with Gasteiger partial charge in [-0.05, 0) is 26.7 Å². The molecule has 0 aliphatic carbocycles.